The molecule has 0 radical (unpaired) electrons. The summed E-state index contributed by atoms with van der Waals surface area (Å²) in [7, 11) is -2.71. The molecule has 0 aliphatic carbocycles. The summed E-state index contributed by atoms with van der Waals surface area (Å²) in [6.07, 6.45) is 3.76. The van der Waals surface area contributed by atoms with Gasteiger partial charge >= 0.3 is 6.09 Å². The number of pyridine rings is 2. The first-order valence-corrected chi connectivity index (χ1v) is 18.7. The summed E-state index contributed by atoms with van der Waals surface area (Å²) in [6, 6.07) is 16.7. The quantitative estimate of drug-likeness (QED) is 0.0823. The predicted molar refractivity (Wildman–Crippen MR) is 200 cm³/mol. The number of aryl methyl sites for hydroxylation is 2. The highest BCUT2D eigenvalue weighted by molar-refractivity contribution is 7.90. The number of nitro groups is 1. The van der Waals surface area contributed by atoms with Crippen molar-refractivity contribution in [3.63, 3.8) is 0 Å². The molecule has 3 aromatic heterocycles. The lowest BCUT2D eigenvalue weighted by Gasteiger charge is -2.33. The number of hydrogen-bond donors (Lipinski definition) is 0. The van der Waals surface area contributed by atoms with Crippen molar-refractivity contribution in [2.75, 3.05) is 26.3 Å². The van der Waals surface area contributed by atoms with E-state index in [1.165, 1.54) is 60.4 Å². The van der Waals surface area contributed by atoms with Crippen molar-refractivity contribution in [3.8, 4) is 28.6 Å². The van der Waals surface area contributed by atoms with Crippen LogP contribution in [0, 0.1) is 17.0 Å². The van der Waals surface area contributed by atoms with Gasteiger partial charge in [0.05, 0.1) is 22.5 Å². The van der Waals surface area contributed by atoms with E-state index in [2.05, 4.69) is 4.98 Å². The van der Waals surface area contributed by atoms with Gasteiger partial charge in [-0.15, -0.1) is 0 Å². The van der Waals surface area contributed by atoms with Crippen LogP contribution in [0.25, 0.3) is 22.0 Å². The van der Waals surface area contributed by atoms with Gasteiger partial charge in [-0.2, -0.15) is 4.98 Å². The number of likely N-dealkylation sites (tertiary alicyclic amines) is 1. The lowest BCUT2D eigenvalue weighted by atomic mass is 10.0. The number of nitrogens with zero attached hydrogens (tertiary/aromatic N) is 5. The van der Waals surface area contributed by atoms with Crippen LogP contribution in [0.2, 0.25) is 0 Å². The zero-order chi connectivity index (χ0) is 38.8. The van der Waals surface area contributed by atoms with Crippen molar-refractivity contribution in [2.24, 2.45) is 7.05 Å². The number of carbonyl (C=O) groups excluding carboxylic acids is 1. The van der Waals surface area contributed by atoms with E-state index in [0.717, 1.165) is 9.54 Å². The number of fused-ring (bicyclic) bond motifs is 1. The minimum absolute atomic E-state index is 0.00205. The largest absolute Gasteiger partial charge is 0.475 e. The van der Waals surface area contributed by atoms with Crippen LogP contribution < -0.4 is 15.0 Å². The van der Waals surface area contributed by atoms with E-state index in [4.69, 9.17) is 18.9 Å². The second-order valence-electron chi connectivity index (χ2n) is 13.9. The average molecular weight is 760 g/mol. The molecule has 1 saturated heterocycles. The maximum absolute atomic E-state index is 13.7. The van der Waals surface area contributed by atoms with Crippen LogP contribution in [0.3, 0.4) is 0 Å². The Balaban J connectivity index is 1.20. The van der Waals surface area contributed by atoms with Gasteiger partial charge < -0.3 is 28.4 Å². The molecule has 15 nitrogen and oxygen atoms in total. The van der Waals surface area contributed by atoms with Gasteiger partial charge in [0.2, 0.25) is 11.8 Å². The van der Waals surface area contributed by atoms with Crippen LogP contribution in [0.15, 0.2) is 88.8 Å². The SMILES string of the molecule is Cc1ccc(S(=O)(=O)n2ccc3c(-c4cc([N+](=O)[O-])ccc4Oc4cccc(OCCOC5CCN(C(=O)OC(C)(C)C)CC5)n4)cn(C)c(=O)c32)cc1. The van der Waals surface area contributed by atoms with Crippen molar-refractivity contribution in [3.05, 3.63) is 105 Å². The molecule has 6 rings (SSSR count). The molecular formula is C38H41N5O10S. The van der Waals surface area contributed by atoms with Crippen molar-refractivity contribution in [1.29, 1.82) is 0 Å². The molecule has 0 bridgehead atoms. The summed E-state index contributed by atoms with van der Waals surface area (Å²) in [6.45, 7) is 8.90. The van der Waals surface area contributed by atoms with E-state index in [-0.39, 0.29) is 63.4 Å². The van der Waals surface area contributed by atoms with Crippen LogP contribution in [0.5, 0.6) is 17.5 Å². The topological polar surface area (TPSA) is 174 Å². The van der Waals surface area contributed by atoms with Gasteiger partial charge in [-0.1, -0.05) is 23.8 Å². The third-order valence-electron chi connectivity index (χ3n) is 8.72. The number of amides is 1. The van der Waals surface area contributed by atoms with Gasteiger partial charge in [0.15, 0.2) is 0 Å². The van der Waals surface area contributed by atoms with E-state index in [1.807, 2.05) is 27.7 Å². The van der Waals surface area contributed by atoms with Crippen LogP contribution in [-0.4, -0.2) is 75.9 Å². The molecule has 284 valence electrons. The Labute approximate surface area is 311 Å². The Morgan fingerprint density at radius 2 is 1.69 bits per heavy atom. The van der Waals surface area contributed by atoms with Gasteiger partial charge in [0, 0.05) is 73.3 Å². The van der Waals surface area contributed by atoms with Gasteiger partial charge in [0.1, 0.15) is 23.5 Å². The number of hydrogen-bond acceptors (Lipinski definition) is 11. The summed E-state index contributed by atoms with van der Waals surface area (Å²) in [5.41, 5.74) is -0.0810. The molecule has 54 heavy (non-hydrogen) atoms. The molecule has 0 N–H and O–H groups in total. The van der Waals surface area contributed by atoms with E-state index in [0.29, 0.717) is 38.1 Å². The molecule has 0 saturated carbocycles. The Morgan fingerprint density at radius 1 is 0.981 bits per heavy atom. The van der Waals surface area contributed by atoms with Gasteiger partial charge in [0.25, 0.3) is 21.3 Å². The highest BCUT2D eigenvalue weighted by Gasteiger charge is 2.28. The first kappa shape index (κ1) is 38.0. The molecule has 0 spiro atoms. The van der Waals surface area contributed by atoms with Gasteiger partial charge in [-0.25, -0.2) is 17.2 Å². The van der Waals surface area contributed by atoms with Crippen LogP contribution in [-0.2, 0) is 26.5 Å². The molecular weight excluding hydrogens is 719 g/mol. The third kappa shape index (κ3) is 8.39. The van der Waals surface area contributed by atoms with E-state index < -0.39 is 26.1 Å². The van der Waals surface area contributed by atoms with Crippen molar-refractivity contribution in [1.82, 2.24) is 18.4 Å². The number of piperidine rings is 1. The number of non-ortho nitro benzene ring substituents is 1. The smallest absolute Gasteiger partial charge is 0.410 e. The molecule has 1 amide bonds. The summed E-state index contributed by atoms with van der Waals surface area (Å²) >= 11 is 0. The highest BCUT2D eigenvalue weighted by atomic mass is 32.2. The minimum Gasteiger partial charge on any atom is -0.475 e. The number of rotatable bonds is 11. The predicted octanol–water partition coefficient (Wildman–Crippen LogP) is 6.44. The molecule has 0 unspecified atom stereocenters. The van der Waals surface area contributed by atoms with E-state index >= 15 is 0 Å². The zero-order valence-corrected chi connectivity index (χ0v) is 31.4. The number of benzene rings is 2. The van der Waals surface area contributed by atoms with E-state index in [9.17, 15) is 28.1 Å². The second-order valence-corrected chi connectivity index (χ2v) is 15.7. The van der Waals surface area contributed by atoms with Crippen LogP contribution in [0.4, 0.5) is 10.5 Å². The lowest BCUT2D eigenvalue weighted by Crippen LogP contribution is -2.43. The molecule has 1 fully saturated rings. The van der Waals surface area contributed by atoms with Crippen molar-refractivity contribution in [2.45, 2.75) is 57.1 Å². The fourth-order valence-corrected chi connectivity index (χ4v) is 7.38. The highest BCUT2D eigenvalue weighted by Crippen LogP contribution is 2.39. The number of carbonyl (C=O) groups is 1. The fraction of sp³-hybridized carbons (Fsp3) is 0.342. The Bertz CT molecular complexity index is 2360. The number of aromatic nitrogens is 3. The maximum atomic E-state index is 13.7. The van der Waals surface area contributed by atoms with Gasteiger partial charge in [-0.05, 0) is 64.8 Å². The standard InChI is InChI=1S/C38H41N5O10S/c1-25-9-12-28(13-10-25)54(48,49)42-20-17-29-31(24-40(5)36(44)35(29)42)30-23-26(43(46)47)11-14-32(30)52-34-8-6-7-33(39-34)51-22-21-50-27-15-18-41(19-16-27)37(45)53-38(2,3)4/h6-14,17,20,23-24,27H,15-16,18-19,21-22H2,1-5H3. The van der Waals surface area contributed by atoms with Gasteiger partial charge in [-0.3, -0.25) is 14.9 Å². The zero-order valence-electron chi connectivity index (χ0n) is 30.6. The Morgan fingerprint density at radius 3 is 2.37 bits per heavy atom. The Hall–Kier alpha value is -5.74. The summed E-state index contributed by atoms with van der Waals surface area (Å²) in [5.74, 6) is 0.543. The summed E-state index contributed by atoms with van der Waals surface area (Å²) in [4.78, 5) is 43.3. The normalized spacial score (nSPS) is 13.9. The molecule has 0 atom stereocenters. The molecule has 4 heterocycles. The Kier molecular flexibility index (Phi) is 10.8. The average Bonchev–Trinajstić information content (AvgIpc) is 3.58. The number of ether oxygens (including phenoxy) is 4. The monoisotopic (exact) mass is 759 g/mol. The van der Waals surface area contributed by atoms with Crippen molar-refractivity contribution < 1.29 is 37.1 Å². The first-order valence-electron chi connectivity index (χ1n) is 17.3. The van der Waals surface area contributed by atoms with Crippen LogP contribution >= 0.6 is 0 Å². The second kappa shape index (κ2) is 15.3. The maximum Gasteiger partial charge on any atom is 0.410 e. The summed E-state index contributed by atoms with van der Waals surface area (Å²) < 4.78 is 53.0. The third-order valence-corrected chi connectivity index (χ3v) is 10.4. The fourth-order valence-electron chi connectivity index (χ4n) is 6.04. The van der Waals surface area contributed by atoms with E-state index in [1.54, 1.807) is 35.2 Å². The molecule has 16 heteroatoms. The first-order chi connectivity index (χ1) is 25.6. The van der Waals surface area contributed by atoms with Crippen LogP contribution in [0.1, 0.15) is 39.2 Å². The summed E-state index contributed by atoms with van der Waals surface area (Å²) in [5, 5.41) is 12.1. The molecule has 5 aromatic rings. The minimum atomic E-state index is -4.18. The lowest BCUT2D eigenvalue weighted by molar-refractivity contribution is -0.384. The number of nitro benzene ring substituents is 1. The molecule has 1 aliphatic rings. The van der Waals surface area contributed by atoms with Crippen molar-refractivity contribution >= 4 is 32.7 Å². The molecule has 1 aliphatic heterocycles. The molecule has 2 aromatic carbocycles.